The Hall–Kier alpha value is -2.67. The van der Waals surface area contributed by atoms with Crippen LogP contribution in [-0.4, -0.2) is 34.7 Å². The van der Waals surface area contributed by atoms with Gasteiger partial charge in [-0.25, -0.2) is 23.3 Å². The molecule has 0 N–H and O–H groups in total. The number of nitrogens with zero attached hydrogens (tertiary/aromatic N) is 1. The summed E-state index contributed by atoms with van der Waals surface area (Å²) in [7, 11) is 0. The monoisotopic (exact) mass is 493 g/mol. The molecule has 2 unspecified atom stereocenters. The number of benzene rings is 2. The van der Waals surface area contributed by atoms with Crippen LogP contribution in [0.1, 0.15) is 57.4 Å². The smallest absolute Gasteiger partial charge is 0.420 e. The minimum atomic E-state index is -2.81. The first-order chi connectivity index (χ1) is 15.8. The quantitative estimate of drug-likeness (QED) is 0.426. The average Bonchev–Trinajstić information content (AvgIpc) is 3.04. The molecule has 2 aromatic rings. The van der Waals surface area contributed by atoms with Crippen molar-refractivity contribution < 1.29 is 27.8 Å². The molecule has 8 heteroatoms. The topological polar surface area (TPSA) is 55.8 Å². The highest BCUT2D eigenvalue weighted by Crippen LogP contribution is 2.37. The van der Waals surface area contributed by atoms with Gasteiger partial charge in [0.05, 0.1) is 6.04 Å². The third-order valence-corrected chi connectivity index (χ3v) is 5.86. The van der Waals surface area contributed by atoms with E-state index < -0.39 is 41.8 Å². The highest BCUT2D eigenvalue weighted by atomic mass is 35.5. The standard InChI is InChI=1S/C26H30ClF2NO4/c1-16(2)26(28,29)15-18-11-9-17(10-12-18)13-21-22(19-7-6-8-20(27)14-19)33-23(31)30(21)24(32)34-25(3,4)5/h6-12,14,16,21-22H,13,15H2,1-5H3. The van der Waals surface area contributed by atoms with Gasteiger partial charge in [-0.1, -0.05) is 61.8 Å². The van der Waals surface area contributed by atoms with Crippen LogP contribution in [0.25, 0.3) is 0 Å². The number of carbonyl (C=O) groups excluding carboxylic acids is 2. The largest absolute Gasteiger partial charge is 0.443 e. The Morgan fingerprint density at radius 1 is 1.12 bits per heavy atom. The van der Waals surface area contributed by atoms with Crippen molar-refractivity contribution in [1.29, 1.82) is 0 Å². The number of cyclic esters (lactones) is 1. The Morgan fingerprint density at radius 3 is 2.29 bits per heavy atom. The SMILES string of the molecule is CC(C)C(F)(F)Cc1ccc(CC2C(c3cccc(Cl)c3)OC(=O)N2C(=O)OC(C)(C)C)cc1. The predicted molar refractivity (Wildman–Crippen MR) is 126 cm³/mol. The van der Waals surface area contributed by atoms with E-state index in [9.17, 15) is 18.4 Å². The van der Waals surface area contributed by atoms with Crippen LogP contribution in [0.15, 0.2) is 48.5 Å². The number of rotatable bonds is 6. The van der Waals surface area contributed by atoms with E-state index in [-0.39, 0.29) is 12.8 Å². The number of alkyl halides is 2. The number of halogens is 3. The molecule has 0 saturated carbocycles. The Bertz CT molecular complexity index is 1030. The van der Waals surface area contributed by atoms with Gasteiger partial charge in [-0.05, 0) is 56.0 Å². The van der Waals surface area contributed by atoms with Crippen LogP contribution in [0.5, 0.6) is 0 Å². The van der Waals surface area contributed by atoms with E-state index in [1.165, 1.54) is 13.8 Å². The van der Waals surface area contributed by atoms with Gasteiger partial charge in [-0.3, -0.25) is 0 Å². The average molecular weight is 494 g/mol. The zero-order chi connectivity index (χ0) is 25.3. The lowest BCUT2D eigenvalue weighted by Gasteiger charge is -2.27. The molecule has 184 valence electrons. The zero-order valence-corrected chi connectivity index (χ0v) is 20.7. The molecule has 1 fully saturated rings. The highest BCUT2D eigenvalue weighted by Gasteiger charge is 2.47. The van der Waals surface area contributed by atoms with Crippen molar-refractivity contribution in [2.24, 2.45) is 5.92 Å². The molecule has 34 heavy (non-hydrogen) atoms. The van der Waals surface area contributed by atoms with Crippen LogP contribution in [0.2, 0.25) is 5.02 Å². The number of hydrogen-bond donors (Lipinski definition) is 0. The number of hydrogen-bond acceptors (Lipinski definition) is 4. The summed E-state index contributed by atoms with van der Waals surface area (Å²) in [5.74, 6) is -3.58. The molecule has 2 amide bonds. The summed E-state index contributed by atoms with van der Waals surface area (Å²) in [6.45, 7) is 8.11. The second kappa shape index (κ2) is 9.90. The third-order valence-electron chi connectivity index (χ3n) is 5.63. The highest BCUT2D eigenvalue weighted by molar-refractivity contribution is 6.30. The van der Waals surface area contributed by atoms with Crippen molar-refractivity contribution in [2.75, 3.05) is 0 Å². The van der Waals surface area contributed by atoms with Crippen LogP contribution in [0.3, 0.4) is 0 Å². The van der Waals surface area contributed by atoms with Gasteiger partial charge in [0.1, 0.15) is 5.60 Å². The van der Waals surface area contributed by atoms with E-state index in [1.54, 1.807) is 69.3 Å². The molecule has 5 nitrogen and oxygen atoms in total. The molecule has 3 rings (SSSR count). The van der Waals surface area contributed by atoms with Crippen LogP contribution in [-0.2, 0) is 22.3 Å². The second-order valence-electron chi connectivity index (χ2n) is 9.89. The molecular weight excluding hydrogens is 464 g/mol. The molecule has 0 radical (unpaired) electrons. The summed E-state index contributed by atoms with van der Waals surface area (Å²) in [6, 6.07) is 13.0. The second-order valence-corrected chi connectivity index (χ2v) is 10.3. The maximum absolute atomic E-state index is 14.1. The van der Waals surface area contributed by atoms with Gasteiger partial charge in [-0.2, -0.15) is 0 Å². The first-order valence-electron chi connectivity index (χ1n) is 11.2. The van der Waals surface area contributed by atoms with Crippen LogP contribution < -0.4 is 0 Å². The fraction of sp³-hybridized carbons (Fsp3) is 0.462. The predicted octanol–water partition coefficient (Wildman–Crippen LogP) is 7.21. The Balaban J connectivity index is 1.89. The van der Waals surface area contributed by atoms with Gasteiger partial charge in [0, 0.05) is 17.4 Å². The van der Waals surface area contributed by atoms with Crippen molar-refractivity contribution in [1.82, 2.24) is 4.90 Å². The first kappa shape index (κ1) is 25.9. The minimum Gasteiger partial charge on any atom is -0.443 e. The maximum atomic E-state index is 14.1. The van der Waals surface area contributed by atoms with Crippen molar-refractivity contribution in [2.45, 2.75) is 71.1 Å². The number of amides is 2. The summed E-state index contributed by atoms with van der Waals surface area (Å²) < 4.78 is 39.3. The van der Waals surface area contributed by atoms with Crippen LogP contribution >= 0.6 is 11.6 Å². The minimum absolute atomic E-state index is 0.253. The number of ether oxygens (including phenoxy) is 2. The maximum Gasteiger partial charge on any atom is 0.420 e. The molecule has 0 aliphatic carbocycles. The fourth-order valence-corrected chi connectivity index (χ4v) is 3.92. The lowest BCUT2D eigenvalue weighted by Crippen LogP contribution is -2.43. The van der Waals surface area contributed by atoms with Crippen molar-refractivity contribution >= 4 is 23.8 Å². The lowest BCUT2D eigenvalue weighted by atomic mass is 9.94. The van der Waals surface area contributed by atoms with Crippen molar-refractivity contribution in [3.63, 3.8) is 0 Å². The Labute approximate surface area is 204 Å². The van der Waals surface area contributed by atoms with E-state index >= 15 is 0 Å². The molecule has 0 aromatic heterocycles. The number of imide groups is 1. The lowest BCUT2D eigenvalue weighted by molar-refractivity contribution is -0.0439. The summed E-state index contributed by atoms with van der Waals surface area (Å²) in [5, 5.41) is 0.471. The van der Waals surface area contributed by atoms with E-state index in [4.69, 9.17) is 21.1 Å². The van der Waals surface area contributed by atoms with Crippen LogP contribution in [0, 0.1) is 5.92 Å². The van der Waals surface area contributed by atoms with E-state index in [0.717, 1.165) is 10.5 Å². The van der Waals surface area contributed by atoms with Gasteiger partial charge >= 0.3 is 12.2 Å². The molecule has 2 atom stereocenters. The normalized spacial score (nSPS) is 18.9. The first-order valence-corrected chi connectivity index (χ1v) is 11.6. The molecule has 1 saturated heterocycles. The molecule has 2 aromatic carbocycles. The van der Waals surface area contributed by atoms with Gasteiger partial charge in [0.25, 0.3) is 5.92 Å². The third kappa shape index (κ3) is 6.26. The summed E-state index contributed by atoms with van der Waals surface area (Å²) >= 11 is 6.14. The van der Waals surface area contributed by atoms with Gasteiger partial charge < -0.3 is 9.47 Å². The molecule has 1 aliphatic heterocycles. The molecular formula is C26H30ClF2NO4. The van der Waals surface area contributed by atoms with Crippen molar-refractivity contribution in [3.05, 3.63) is 70.2 Å². The van der Waals surface area contributed by atoms with Crippen molar-refractivity contribution in [3.8, 4) is 0 Å². The molecule has 1 aliphatic rings. The Morgan fingerprint density at radius 2 is 1.74 bits per heavy atom. The van der Waals surface area contributed by atoms with E-state index in [2.05, 4.69) is 0 Å². The molecule has 0 bridgehead atoms. The molecule has 1 heterocycles. The fourth-order valence-electron chi connectivity index (χ4n) is 3.72. The van der Waals surface area contributed by atoms with E-state index in [1.807, 2.05) is 0 Å². The summed E-state index contributed by atoms with van der Waals surface area (Å²) in [4.78, 5) is 26.6. The molecule has 0 spiro atoms. The number of carbonyl (C=O) groups is 2. The van der Waals surface area contributed by atoms with Gasteiger partial charge in [0.15, 0.2) is 6.10 Å². The van der Waals surface area contributed by atoms with Gasteiger partial charge in [-0.15, -0.1) is 0 Å². The zero-order valence-electron chi connectivity index (χ0n) is 20.0. The summed E-state index contributed by atoms with van der Waals surface area (Å²) in [5.41, 5.74) is 1.11. The van der Waals surface area contributed by atoms with Crippen LogP contribution in [0.4, 0.5) is 18.4 Å². The van der Waals surface area contributed by atoms with Gasteiger partial charge in [0.2, 0.25) is 0 Å². The summed E-state index contributed by atoms with van der Waals surface area (Å²) in [6.07, 6.45) is -2.48. The van der Waals surface area contributed by atoms with E-state index in [0.29, 0.717) is 16.1 Å². The Kier molecular flexibility index (Phi) is 7.56.